The lowest BCUT2D eigenvalue weighted by atomic mass is 9.70. The summed E-state index contributed by atoms with van der Waals surface area (Å²) in [6, 6.07) is 0. The van der Waals surface area contributed by atoms with Crippen molar-refractivity contribution in [3.05, 3.63) is 0 Å². The van der Waals surface area contributed by atoms with Crippen LogP contribution in [0.4, 0.5) is 0 Å². The largest absolute Gasteiger partial charge is 0.481 e. The third kappa shape index (κ3) is 2.94. The average molecular weight is 285 g/mol. The number of carboxylic acids is 1. The lowest BCUT2D eigenvalue weighted by molar-refractivity contribution is -0.156. The molecule has 0 radical (unpaired) electrons. The van der Waals surface area contributed by atoms with Crippen molar-refractivity contribution in [2.75, 3.05) is 18.1 Å². The van der Waals surface area contributed by atoms with E-state index in [1.54, 1.807) is 0 Å². The maximum absolute atomic E-state index is 11.8. The second-order valence-corrected chi connectivity index (χ2v) is 6.62. The Kier molecular flexibility index (Phi) is 4.18. The second-order valence-electron chi connectivity index (χ2n) is 5.63. The van der Waals surface area contributed by atoms with Gasteiger partial charge >= 0.3 is 5.97 Å². The predicted octanol–water partition coefficient (Wildman–Crippen LogP) is 1.37. The van der Waals surface area contributed by atoms with E-state index in [1.165, 1.54) is 16.7 Å². The van der Waals surface area contributed by atoms with Crippen molar-refractivity contribution >= 4 is 29.5 Å². The van der Waals surface area contributed by atoms with Gasteiger partial charge in [0.05, 0.1) is 16.9 Å². The van der Waals surface area contributed by atoms with E-state index in [4.69, 9.17) is 0 Å². The van der Waals surface area contributed by atoms with E-state index in [0.29, 0.717) is 18.8 Å². The molecule has 2 rings (SSSR count). The summed E-state index contributed by atoms with van der Waals surface area (Å²) in [6.07, 6.45) is 2.79. The van der Waals surface area contributed by atoms with E-state index >= 15 is 0 Å². The molecule has 1 saturated carbocycles. The summed E-state index contributed by atoms with van der Waals surface area (Å²) in [5.41, 5.74) is -0.931. The fraction of sp³-hybridized carbons (Fsp3) is 0.769. The van der Waals surface area contributed by atoms with Crippen molar-refractivity contribution in [3.63, 3.8) is 0 Å². The summed E-state index contributed by atoms with van der Waals surface area (Å²) in [5, 5.41) is 9.52. The lowest BCUT2D eigenvalue weighted by Crippen LogP contribution is -2.52. The highest BCUT2D eigenvalue weighted by Gasteiger charge is 2.45. The van der Waals surface area contributed by atoms with E-state index in [9.17, 15) is 19.5 Å². The van der Waals surface area contributed by atoms with Gasteiger partial charge in [-0.25, -0.2) is 0 Å². The molecule has 5 nitrogen and oxygen atoms in total. The molecule has 0 unspecified atom stereocenters. The molecule has 2 fully saturated rings. The summed E-state index contributed by atoms with van der Waals surface area (Å²) >= 11 is 1.30. The SMILES string of the molecule is CC1CCC(CN2C(=O)CSCC2=O)(C(=O)O)CC1. The quantitative estimate of drug-likeness (QED) is 0.793. The van der Waals surface area contributed by atoms with Gasteiger partial charge in [0.2, 0.25) is 11.8 Å². The number of aliphatic carboxylic acids is 1. The van der Waals surface area contributed by atoms with Crippen LogP contribution in [0.15, 0.2) is 0 Å². The van der Waals surface area contributed by atoms with Crippen molar-refractivity contribution in [1.82, 2.24) is 4.90 Å². The fourth-order valence-electron chi connectivity index (χ4n) is 2.75. The van der Waals surface area contributed by atoms with Gasteiger partial charge in [0.1, 0.15) is 0 Å². The van der Waals surface area contributed by atoms with Crippen molar-refractivity contribution in [1.29, 1.82) is 0 Å². The first-order chi connectivity index (χ1) is 8.94. The molecule has 106 valence electrons. The van der Waals surface area contributed by atoms with Crippen molar-refractivity contribution < 1.29 is 19.5 Å². The van der Waals surface area contributed by atoms with Crippen LogP contribution in [0.1, 0.15) is 32.6 Å². The zero-order valence-electron chi connectivity index (χ0n) is 11.1. The number of nitrogens with zero attached hydrogens (tertiary/aromatic N) is 1. The Labute approximate surface area is 116 Å². The minimum absolute atomic E-state index is 0.0489. The molecule has 1 saturated heterocycles. The summed E-state index contributed by atoms with van der Waals surface area (Å²) in [6.45, 7) is 2.16. The van der Waals surface area contributed by atoms with Gasteiger partial charge in [-0.1, -0.05) is 6.92 Å². The molecule has 0 bridgehead atoms. The average Bonchev–Trinajstić information content (AvgIpc) is 2.36. The summed E-state index contributed by atoms with van der Waals surface area (Å²) in [4.78, 5) is 36.4. The molecule has 2 aliphatic rings. The lowest BCUT2D eigenvalue weighted by Gasteiger charge is -2.39. The Bertz CT molecular complexity index is 385. The molecular formula is C13H19NO4S. The van der Waals surface area contributed by atoms with Crippen LogP contribution in [0.25, 0.3) is 0 Å². The van der Waals surface area contributed by atoms with Crippen LogP contribution in [-0.4, -0.2) is 45.8 Å². The first-order valence-corrected chi connectivity index (χ1v) is 7.74. The molecule has 0 atom stereocenters. The van der Waals surface area contributed by atoms with Gasteiger partial charge < -0.3 is 5.11 Å². The summed E-state index contributed by atoms with van der Waals surface area (Å²) in [7, 11) is 0. The molecule has 6 heteroatoms. The predicted molar refractivity (Wildman–Crippen MR) is 71.7 cm³/mol. The van der Waals surface area contributed by atoms with E-state index in [-0.39, 0.29) is 29.9 Å². The van der Waals surface area contributed by atoms with Crippen LogP contribution >= 0.6 is 11.8 Å². The van der Waals surface area contributed by atoms with Gasteiger partial charge in [-0.2, -0.15) is 0 Å². The molecule has 0 aromatic rings. The Hall–Kier alpha value is -1.04. The highest BCUT2D eigenvalue weighted by molar-refractivity contribution is 8.00. The third-order valence-corrected chi connectivity index (χ3v) is 5.10. The van der Waals surface area contributed by atoms with Crippen LogP contribution in [0.5, 0.6) is 0 Å². The normalized spacial score (nSPS) is 32.5. The number of thioether (sulfide) groups is 1. The zero-order valence-corrected chi connectivity index (χ0v) is 11.9. The number of carboxylic acid groups (broad SMARTS) is 1. The second kappa shape index (κ2) is 5.53. The van der Waals surface area contributed by atoms with E-state index in [0.717, 1.165) is 12.8 Å². The number of amides is 2. The fourth-order valence-corrected chi connectivity index (χ4v) is 3.52. The molecule has 1 aliphatic heterocycles. The van der Waals surface area contributed by atoms with Crippen LogP contribution in [0, 0.1) is 11.3 Å². The molecule has 1 aliphatic carbocycles. The van der Waals surface area contributed by atoms with Gasteiger partial charge in [0.15, 0.2) is 0 Å². The standard InChI is InChI=1S/C13H19NO4S/c1-9-2-4-13(5-3-9,12(17)18)8-14-10(15)6-19-7-11(14)16/h9H,2-8H2,1H3,(H,17,18). The Morgan fingerprint density at radius 1 is 1.32 bits per heavy atom. The maximum Gasteiger partial charge on any atom is 0.311 e. The zero-order chi connectivity index (χ0) is 14.0. The number of carbonyl (C=O) groups excluding carboxylic acids is 2. The van der Waals surface area contributed by atoms with E-state index in [1.807, 2.05) is 0 Å². The smallest absolute Gasteiger partial charge is 0.311 e. The minimum atomic E-state index is -0.931. The first kappa shape index (κ1) is 14.4. The Balaban J connectivity index is 2.14. The van der Waals surface area contributed by atoms with Crippen molar-refractivity contribution in [2.45, 2.75) is 32.6 Å². The van der Waals surface area contributed by atoms with Crippen molar-refractivity contribution in [3.8, 4) is 0 Å². The van der Waals surface area contributed by atoms with E-state index < -0.39 is 11.4 Å². The molecule has 19 heavy (non-hydrogen) atoms. The minimum Gasteiger partial charge on any atom is -0.481 e. The summed E-state index contributed by atoms with van der Waals surface area (Å²) < 4.78 is 0. The van der Waals surface area contributed by atoms with Gasteiger partial charge in [-0.3, -0.25) is 19.3 Å². The van der Waals surface area contributed by atoms with Crippen molar-refractivity contribution in [2.24, 2.45) is 11.3 Å². The molecule has 1 N–H and O–H groups in total. The number of carbonyl (C=O) groups is 3. The topological polar surface area (TPSA) is 74.7 Å². The highest BCUT2D eigenvalue weighted by atomic mass is 32.2. The number of rotatable bonds is 3. The first-order valence-electron chi connectivity index (χ1n) is 6.59. The van der Waals surface area contributed by atoms with Gasteiger partial charge in [-0.15, -0.1) is 11.8 Å². The Morgan fingerprint density at radius 2 is 1.84 bits per heavy atom. The molecule has 1 heterocycles. The molecule has 2 amide bonds. The molecule has 0 aromatic carbocycles. The van der Waals surface area contributed by atoms with Crippen LogP contribution < -0.4 is 0 Å². The molecular weight excluding hydrogens is 266 g/mol. The van der Waals surface area contributed by atoms with Crippen LogP contribution in [0.2, 0.25) is 0 Å². The van der Waals surface area contributed by atoms with Gasteiger partial charge in [0.25, 0.3) is 0 Å². The highest BCUT2D eigenvalue weighted by Crippen LogP contribution is 2.40. The van der Waals surface area contributed by atoms with Gasteiger partial charge in [0, 0.05) is 6.54 Å². The third-order valence-electron chi connectivity index (χ3n) is 4.20. The molecule has 0 aromatic heterocycles. The maximum atomic E-state index is 11.8. The van der Waals surface area contributed by atoms with E-state index in [2.05, 4.69) is 6.92 Å². The number of hydrogen-bond donors (Lipinski definition) is 1. The van der Waals surface area contributed by atoms with Crippen LogP contribution in [0.3, 0.4) is 0 Å². The number of imide groups is 1. The van der Waals surface area contributed by atoms with Crippen LogP contribution in [-0.2, 0) is 14.4 Å². The number of hydrogen-bond acceptors (Lipinski definition) is 4. The van der Waals surface area contributed by atoms with Gasteiger partial charge in [-0.05, 0) is 31.6 Å². The monoisotopic (exact) mass is 285 g/mol. The Morgan fingerprint density at radius 3 is 2.32 bits per heavy atom. The summed E-state index contributed by atoms with van der Waals surface area (Å²) in [5.74, 6) is -0.301. The molecule has 0 spiro atoms.